The first-order chi connectivity index (χ1) is 12.3. The van der Waals surface area contributed by atoms with Crippen LogP contribution in [0.25, 0.3) is 0 Å². The fourth-order valence-electron chi connectivity index (χ4n) is 3.10. The highest BCUT2D eigenvalue weighted by atomic mass is 35.5. The third-order valence-electron chi connectivity index (χ3n) is 4.69. The molecule has 0 radical (unpaired) electrons. The van der Waals surface area contributed by atoms with Crippen LogP contribution in [0, 0.1) is 13.8 Å². The fraction of sp³-hybridized carbons (Fsp3) is 0.389. The Labute approximate surface area is 158 Å². The summed E-state index contributed by atoms with van der Waals surface area (Å²) < 4.78 is 32.4. The predicted molar refractivity (Wildman–Crippen MR) is 98.9 cm³/mol. The number of halogens is 1. The Morgan fingerprint density at radius 1 is 1.23 bits per heavy atom. The Bertz CT molecular complexity index is 915. The average molecular weight is 397 g/mol. The molecule has 3 rings (SSSR count). The Balaban J connectivity index is 1.65. The van der Waals surface area contributed by atoms with Gasteiger partial charge in [-0.15, -0.1) is 0 Å². The Morgan fingerprint density at radius 3 is 2.54 bits per heavy atom. The van der Waals surface area contributed by atoms with Crippen LogP contribution in [0.5, 0.6) is 0 Å². The molecular formula is C18H21ClN2O4S. The summed E-state index contributed by atoms with van der Waals surface area (Å²) in [5, 5.41) is 3.35. The molecule has 1 aromatic carbocycles. The molecule has 1 fully saturated rings. The van der Waals surface area contributed by atoms with Crippen molar-refractivity contribution in [2.75, 3.05) is 13.1 Å². The summed E-state index contributed by atoms with van der Waals surface area (Å²) in [6.07, 6.45) is 2.57. The monoisotopic (exact) mass is 396 g/mol. The van der Waals surface area contributed by atoms with Gasteiger partial charge in [0.15, 0.2) is 5.76 Å². The average Bonchev–Trinajstić information content (AvgIpc) is 3.04. The lowest BCUT2D eigenvalue weighted by Gasteiger charge is -2.31. The van der Waals surface area contributed by atoms with Crippen LogP contribution >= 0.6 is 11.6 Å². The van der Waals surface area contributed by atoms with Gasteiger partial charge in [-0.25, -0.2) is 8.42 Å². The van der Waals surface area contributed by atoms with Crippen molar-refractivity contribution >= 4 is 27.5 Å². The van der Waals surface area contributed by atoms with Crippen molar-refractivity contribution in [3.05, 3.63) is 52.4 Å². The van der Waals surface area contributed by atoms with Crippen molar-refractivity contribution in [2.45, 2.75) is 37.6 Å². The van der Waals surface area contributed by atoms with E-state index in [1.54, 1.807) is 38.1 Å². The minimum Gasteiger partial charge on any atom is -0.459 e. The highest BCUT2D eigenvalue weighted by Crippen LogP contribution is 2.27. The quantitative estimate of drug-likeness (QED) is 0.860. The number of benzene rings is 1. The van der Waals surface area contributed by atoms with Gasteiger partial charge in [0.1, 0.15) is 0 Å². The first kappa shape index (κ1) is 18.9. The van der Waals surface area contributed by atoms with Crippen LogP contribution in [0.4, 0.5) is 0 Å². The van der Waals surface area contributed by atoms with Crippen LogP contribution in [0.3, 0.4) is 0 Å². The standard InChI is InChI=1S/C18H21ClN2O4S/c1-12-8-11-25-17(12)18(22)20-14-6-9-21(10-7-14)26(23,24)16-5-3-4-15(19)13(16)2/h3-5,8,11,14H,6-7,9-10H2,1-2H3,(H,20,22). The van der Waals surface area contributed by atoms with Gasteiger partial charge in [-0.05, 0) is 50.5 Å². The lowest BCUT2D eigenvalue weighted by atomic mass is 10.1. The molecule has 1 aromatic heterocycles. The normalized spacial score (nSPS) is 16.6. The first-order valence-corrected chi connectivity index (χ1v) is 10.2. The summed E-state index contributed by atoms with van der Waals surface area (Å²) in [7, 11) is -3.60. The maximum absolute atomic E-state index is 12.9. The largest absolute Gasteiger partial charge is 0.459 e. The number of hydrogen-bond acceptors (Lipinski definition) is 4. The molecule has 1 saturated heterocycles. The van der Waals surface area contributed by atoms with Crippen molar-refractivity contribution in [2.24, 2.45) is 0 Å². The lowest BCUT2D eigenvalue weighted by Crippen LogP contribution is -2.46. The van der Waals surface area contributed by atoms with Gasteiger partial charge in [-0.1, -0.05) is 17.7 Å². The summed E-state index contributed by atoms with van der Waals surface area (Å²) in [5.74, 6) is 0.0362. The van der Waals surface area contributed by atoms with Gasteiger partial charge in [0.05, 0.1) is 11.2 Å². The molecule has 8 heteroatoms. The van der Waals surface area contributed by atoms with Gasteiger partial charge in [0, 0.05) is 29.7 Å². The van der Waals surface area contributed by atoms with Crippen LogP contribution in [0.2, 0.25) is 5.02 Å². The molecule has 1 amide bonds. The minimum absolute atomic E-state index is 0.0843. The molecular weight excluding hydrogens is 376 g/mol. The van der Waals surface area contributed by atoms with Gasteiger partial charge in [-0.2, -0.15) is 4.31 Å². The predicted octanol–water partition coefficient (Wildman–Crippen LogP) is 3.13. The van der Waals surface area contributed by atoms with E-state index in [1.165, 1.54) is 10.6 Å². The molecule has 140 valence electrons. The van der Waals surface area contributed by atoms with E-state index in [2.05, 4.69) is 5.32 Å². The van der Waals surface area contributed by atoms with Crippen molar-refractivity contribution in [3.8, 4) is 0 Å². The van der Waals surface area contributed by atoms with E-state index in [-0.39, 0.29) is 16.8 Å². The molecule has 0 spiro atoms. The zero-order valence-corrected chi connectivity index (χ0v) is 16.2. The maximum Gasteiger partial charge on any atom is 0.287 e. The molecule has 1 aliphatic heterocycles. The van der Waals surface area contributed by atoms with Gasteiger partial charge in [0.2, 0.25) is 10.0 Å². The lowest BCUT2D eigenvalue weighted by molar-refractivity contribution is 0.0895. The number of furan rings is 1. The highest BCUT2D eigenvalue weighted by molar-refractivity contribution is 7.89. The van der Waals surface area contributed by atoms with Crippen LogP contribution in [-0.4, -0.2) is 37.8 Å². The number of aryl methyl sites for hydroxylation is 1. The van der Waals surface area contributed by atoms with Gasteiger partial charge >= 0.3 is 0 Å². The number of amides is 1. The number of hydrogen-bond donors (Lipinski definition) is 1. The van der Waals surface area contributed by atoms with E-state index in [4.69, 9.17) is 16.0 Å². The number of carbonyl (C=O) groups is 1. The maximum atomic E-state index is 12.9. The molecule has 1 aliphatic rings. The molecule has 26 heavy (non-hydrogen) atoms. The molecule has 2 heterocycles. The van der Waals surface area contributed by atoms with E-state index < -0.39 is 10.0 Å². The summed E-state index contributed by atoms with van der Waals surface area (Å²) in [5.41, 5.74) is 1.33. The molecule has 2 aromatic rings. The van der Waals surface area contributed by atoms with Gasteiger partial charge in [-0.3, -0.25) is 4.79 Å². The van der Waals surface area contributed by atoms with Crippen LogP contribution in [-0.2, 0) is 10.0 Å². The number of sulfonamides is 1. The number of piperidine rings is 1. The number of rotatable bonds is 4. The second-order valence-electron chi connectivity index (χ2n) is 6.45. The zero-order valence-electron chi connectivity index (χ0n) is 14.7. The van der Waals surface area contributed by atoms with Crippen molar-refractivity contribution in [1.82, 2.24) is 9.62 Å². The van der Waals surface area contributed by atoms with Crippen molar-refractivity contribution in [3.63, 3.8) is 0 Å². The van der Waals surface area contributed by atoms with Crippen molar-refractivity contribution in [1.29, 1.82) is 0 Å². The smallest absolute Gasteiger partial charge is 0.287 e. The topological polar surface area (TPSA) is 79.6 Å². The summed E-state index contributed by atoms with van der Waals surface area (Å²) in [6.45, 7) is 4.20. The third kappa shape index (κ3) is 3.65. The molecule has 0 atom stereocenters. The second-order valence-corrected chi connectivity index (χ2v) is 8.76. The SMILES string of the molecule is Cc1ccoc1C(=O)NC1CCN(S(=O)(=O)c2cccc(Cl)c2C)CC1. The van der Waals surface area contributed by atoms with Gasteiger partial charge < -0.3 is 9.73 Å². The van der Waals surface area contributed by atoms with Gasteiger partial charge in [0.25, 0.3) is 5.91 Å². The third-order valence-corrected chi connectivity index (χ3v) is 7.15. The minimum atomic E-state index is -3.60. The summed E-state index contributed by atoms with van der Waals surface area (Å²) in [6, 6.07) is 6.54. The molecule has 0 aliphatic carbocycles. The van der Waals surface area contributed by atoms with E-state index in [0.717, 1.165) is 5.56 Å². The van der Waals surface area contributed by atoms with Crippen LogP contribution in [0.1, 0.15) is 34.5 Å². The Kier molecular flexibility index (Phi) is 5.41. The summed E-state index contributed by atoms with van der Waals surface area (Å²) >= 11 is 6.06. The van der Waals surface area contributed by atoms with E-state index in [9.17, 15) is 13.2 Å². The molecule has 0 bridgehead atoms. The first-order valence-electron chi connectivity index (χ1n) is 8.41. The van der Waals surface area contributed by atoms with E-state index >= 15 is 0 Å². The van der Waals surface area contributed by atoms with Crippen LogP contribution < -0.4 is 5.32 Å². The fourth-order valence-corrected chi connectivity index (χ4v) is 5.05. The Hall–Kier alpha value is -1.83. The number of carbonyl (C=O) groups excluding carboxylic acids is 1. The van der Waals surface area contributed by atoms with Crippen molar-refractivity contribution < 1.29 is 17.6 Å². The number of nitrogens with one attached hydrogen (secondary N) is 1. The molecule has 6 nitrogen and oxygen atoms in total. The molecule has 0 saturated carbocycles. The molecule has 1 N–H and O–H groups in total. The number of nitrogens with zero attached hydrogens (tertiary/aromatic N) is 1. The van der Waals surface area contributed by atoms with Crippen LogP contribution in [0.15, 0.2) is 39.8 Å². The Morgan fingerprint density at radius 2 is 1.92 bits per heavy atom. The van der Waals surface area contributed by atoms with E-state index in [1.807, 2.05) is 0 Å². The van der Waals surface area contributed by atoms with E-state index in [0.29, 0.717) is 42.3 Å². The molecule has 0 unspecified atom stereocenters. The zero-order chi connectivity index (χ0) is 18.9. The highest BCUT2D eigenvalue weighted by Gasteiger charge is 2.31. The summed E-state index contributed by atoms with van der Waals surface area (Å²) in [4.78, 5) is 12.5. The second kappa shape index (κ2) is 7.42.